The number of methoxy groups -OCH3 is 1. The molecule has 0 bridgehead atoms. The van der Waals surface area contributed by atoms with Crippen molar-refractivity contribution in [2.75, 3.05) is 56.4 Å². The van der Waals surface area contributed by atoms with Crippen molar-refractivity contribution in [3.8, 4) is 0 Å². The molecule has 0 saturated carbocycles. The maximum absolute atomic E-state index is 12.0. The van der Waals surface area contributed by atoms with Crippen LogP contribution < -0.4 is 4.72 Å². The van der Waals surface area contributed by atoms with Gasteiger partial charge in [-0.25, -0.2) is 16.8 Å². The first-order valence-corrected chi connectivity index (χ1v) is 11.1. The monoisotopic (exact) mass is 395 g/mol. The van der Waals surface area contributed by atoms with E-state index in [1.165, 1.54) is 24.3 Å². The number of ether oxygens (including phenoxy) is 3. The van der Waals surface area contributed by atoms with E-state index in [1.54, 1.807) is 14.0 Å². The van der Waals surface area contributed by atoms with Crippen LogP contribution in [0.4, 0.5) is 5.69 Å². The quantitative estimate of drug-likeness (QED) is 0.494. The summed E-state index contributed by atoms with van der Waals surface area (Å²) in [4.78, 5) is 0.162. The number of hydrogen-bond acceptors (Lipinski definition) is 7. The molecule has 0 heterocycles. The zero-order valence-corrected chi connectivity index (χ0v) is 16.1. The Labute approximate surface area is 149 Å². The summed E-state index contributed by atoms with van der Waals surface area (Å²) in [7, 11) is -5.30. The molecule has 0 aromatic heterocycles. The molecule has 8 nitrogen and oxygen atoms in total. The van der Waals surface area contributed by atoms with Gasteiger partial charge >= 0.3 is 0 Å². The Morgan fingerprint density at radius 3 is 2.00 bits per heavy atom. The lowest BCUT2D eigenvalue weighted by Gasteiger charge is -2.09. The summed E-state index contributed by atoms with van der Waals surface area (Å²) in [5.74, 6) is -0.218. The van der Waals surface area contributed by atoms with E-state index in [2.05, 4.69) is 4.72 Å². The Morgan fingerprint density at radius 1 is 0.880 bits per heavy atom. The molecule has 1 rings (SSSR count). The molecule has 0 aliphatic rings. The van der Waals surface area contributed by atoms with Crippen LogP contribution in [0.2, 0.25) is 0 Å². The molecule has 0 atom stereocenters. The smallest absolute Gasteiger partial charge is 0.234 e. The third-order valence-electron chi connectivity index (χ3n) is 3.17. The first-order valence-electron chi connectivity index (χ1n) is 7.78. The Balaban J connectivity index is 2.37. The number of anilines is 1. The average Bonchev–Trinajstić information content (AvgIpc) is 2.57. The molecule has 1 aromatic carbocycles. The number of sulfonamides is 1. The van der Waals surface area contributed by atoms with Gasteiger partial charge in [-0.2, -0.15) is 0 Å². The van der Waals surface area contributed by atoms with Gasteiger partial charge in [0.05, 0.1) is 49.4 Å². The molecule has 0 spiro atoms. The second-order valence-corrected chi connectivity index (χ2v) is 9.19. The first-order chi connectivity index (χ1) is 11.8. The molecule has 25 heavy (non-hydrogen) atoms. The van der Waals surface area contributed by atoms with Crippen LogP contribution in [-0.2, 0) is 34.1 Å². The van der Waals surface area contributed by atoms with Gasteiger partial charge in [-0.05, 0) is 24.3 Å². The standard InChI is InChI=1S/C15H25NO7S2/c1-3-24(17,18)15-6-4-14(5-7-15)16-25(19,20)13-12-23-11-10-22-9-8-21-2/h4-7,16H,3,8-13H2,1-2H3. The Hall–Kier alpha value is -1.20. The van der Waals surface area contributed by atoms with Gasteiger partial charge in [-0.1, -0.05) is 6.92 Å². The van der Waals surface area contributed by atoms with E-state index in [1.807, 2.05) is 0 Å². The molecule has 0 unspecified atom stereocenters. The molecule has 1 N–H and O–H groups in total. The van der Waals surface area contributed by atoms with Gasteiger partial charge in [0.1, 0.15) is 0 Å². The molecule has 144 valence electrons. The van der Waals surface area contributed by atoms with Crippen molar-refractivity contribution in [1.82, 2.24) is 0 Å². The highest BCUT2D eigenvalue weighted by molar-refractivity contribution is 7.92. The van der Waals surface area contributed by atoms with Crippen molar-refractivity contribution >= 4 is 25.5 Å². The lowest BCUT2D eigenvalue weighted by atomic mass is 10.3. The molecule has 0 aliphatic heterocycles. The van der Waals surface area contributed by atoms with Crippen LogP contribution in [0.25, 0.3) is 0 Å². The normalized spacial score (nSPS) is 12.2. The van der Waals surface area contributed by atoms with E-state index in [-0.39, 0.29) is 23.0 Å². The summed E-state index contributed by atoms with van der Waals surface area (Å²) in [5, 5.41) is 0. The van der Waals surface area contributed by atoms with Crippen LogP contribution in [0.5, 0.6) is 0 Å². The minimum absolute atomic E-state index is 0.00933. The Morgan fingerprint density at radius 2 is 1.44 bits per heavy atom. The molecule has 0 saturated heterocycles. The van der Waals surface area contributed by atoms with Crippen LogP contribution in [0.3, 0.4) is 0 Å². The van der Waals surface area contributed by atoms with Crippen molar-refractivity contribution in [1.29, 1.82) is 0 Å². The van der Waals surface area contributed by atoms with Crippen LogP contribution in [0.1, 0.15) is 6.92 Å². The Kier molecular flexibility index (Phi) is 9.36. The van der Waals surface area contributed by atoms with Gasteiger partial charge in [-0.15, -0.1) is 0 Å². The van der Waals surface area contributed by atoms with E-state index >= 15 is 0 Å². The zero-order valence-electron chi connectivity index (χ0n) is 14.4. The predicted octanol–water partition coefficient (Wildman–Crippen LogP) is 0.902. The molecule has 10 heteroatoms. The molecular weight excluding hydrogens is 370 g/mol. The summed E-state index contributed by atoms with van der Waals surface area (Å²) in [6.45, 7) is 3.20. The highest BCUT2D eigenvalue weighted by Crippen LogP contribution is 2.16. The second-order valence-electron chi connectivity index (χ2n) is 5.07. The largest absolute Gasteiger partial charge is 0.382 e. The minimum atomic E-state index is -3.58. The molecule has 0 radical (unpaired) electrons. The van der Waals surface area contributed by atoms with Crippen molar-refractivity contribution in [3.63, 3.8) is 0 Å². The van der Waals surface area contributed by atoms with E-state index in [9.17, 15) is 16.8 Å². The van der Waals surface area contributed by atoms with E-state index < -0.39 is 19.9 Å². The lowest BCUT2D eigenvalue weighted by molar-refractivity contribution is 0.0284. The van der Waals surface area contributed by atoms with E-state index in [4.69, 9.17) is 14.2 Å². The van der Waals surface area contributed by atoms with Crippen LogP contribution >= 0.6 is 0 Å². The van der Waals surface area contributed by atoms with Crippen molar-refractivity contribution in [2.24, 2.45) is 0 Å². The summed E-state index contributed by atoms with van der Waals surface area (Å²) < 4.78 is 64.9. The fourth-order valence-corrected chi connectivity index (χ4v) is 3.58. The SMILES string of the molecule is CCS(=O)(=O)c1ccc(NS(=O)(=O)CCOCCOCCOC)cc1. The highest BCUT2D eigenvalue weighted by Gasteiger charge is 2.13. The fraction of sp³-hybridized carbons (Fsp3) is 0.600. The van der Waals surface area contributed by atoms with Gasteiger partial charge < -0.3 is 14.2 Å². The van der Waals surface area contributed by atoms with Gasteiger partial charge in [0.2, 0.25) is 10.0 Å². The zero-order chi connectivity index (χ0) is 18.8. The van der Waals surface area contributed by atoms with Gasteiger partial charge in [0.25, 0.3) is 0 Å². The number of rotatable bonds is 13. The molecule has 0 aliphatic carbocycles. The second kappa shape index (κ2) is 10.7. The molecule has 0 amide bonds. The Bertz CT molecular complexity index is 700. The predicted molar refractivity (Wildman–Crippen MR) is 95.1 cm³/mol. The van der Waals surface area contributed by atoms with Crippen molar-refractivity contribution < 1.29 is 31.0 Å². The van der Waals surface area contributed by atoms with E-state index in [0.29, 0.717) is 32.1 Å². The highest BCUT2D eigenvalue weighted by atomic mass is 32.2. The molecule has 1 aromatic rings. The van der Waals surface area contributed by atoms with Crippen molar-refractivity contribution in [3.05, 3.63) is 24.3 Å². The number of sulfone groups is 1. The summed E-state index contributed by atoms with van der Waals surface area (Å²) in [6, 6.07) is 5.60. The van der Waals surface area contributed by atoms with Crippen LogP contribution in [0, 0.1) is 0 Å². The first kappa shape index (κ1) is 21.8. The number of hydrogen-bond donors (Lipinski definition) is 1. The maximum atomic E-state index is 12.0. The number of benzene rings is 1. The minimum Gasteiger partial charge on any atom is -0.382 e. The molecular formula is C15H25NO7S2. The molecule has 0 fully saturated rings. The number of nitrogens with one attached hydrogen (secondary N) is 1. The third kappa shape index (κ3) is 8.63. The topological polar surface area (TPSA) is 108 Å². The van der Waals surface area contributed by atoms with Gasteiger partial charge in [0.15, 0.2) is 9.84 Å². The maximum Gasteiger partial charge on any atom is 0.234 e. The lowest BCUT2D eigenvalue weighted by Crippen LogP contribution is -2.21. The van der Waals surface area contributed by atoms with Gasteiger partial charge in [0, 0.05) is 12.8 Å². The van der Waals surface area contributed by atoms with E-state index in [0.717, 1.165) is 0 Å². The fourth-order valence-electron chi connectivity index (χ4n) is 1.76. The van der Waals surface area contributed by atoms with Crippen molar-refractivity contribution in [2.45, 2.75) is 11.8 Å². The summed E-state index contributed by atoms with van der Waals surface area (Å²) >= 11 is 0. The summed E-state index contributed by atoms with van der Waals surface area (Å²) in [5.41, 5.74) is 0.304. The van der Waals surface area contributed by atoms with Gasteiger partial charge in [-0.3, -0.25) is 4.72 Å². The third-order valence-corrected chi connectivity index (χ3v) is 6.17. The summed E-state index contributed by atoms with van der Waals surface area (Å²) in [6.07, 6.45) is 0. The van der Waals surface area contributed by atoms with Crippen LogP contribution in [0.15, 0.2) is 29.2 Å². The average molecular weight is 395 g/mol. The van der Waals surface area contributed by atoms with Crippen LogP contribution in [-0.4, -0.2) is 68.5 Å².